The second-order valence-electron chi connectivity index (χ2n) is 11.8. The van der Waals surface area contributed by atoms with Crippen LogP contribution in [-0.2, 0) is 39.8 Å². The van der Waals surface area contributed by atoms with Crippen molar-refractivity contribution in [1.29, 1.82) is 0 Å². The molecule has 3 aliphatic heterocycles. The third-order valence-electron chi connectivity index (χ3n) is 9.14. The van der Waals surface area contributed by atoms with E-state index in [-0.39, 0.29) is 56.9 Å². The fraction of sp³-hybridized carbons (Fsp3) is 0.606. The number of piperidine rings is 1. The van der Waals surface area contributed by atoms with Crippen LogP contribution in [0.2, 0.25) is 0 Å². The largest absolute Gasteiger partial charge is 0.462 e. The lowest BCUT2D eigenvalue weighted by molar-refractivity contribution is -0.150. The summed E-state index contributed by atoms with van der Waals surface area (Å²) in [5, 5.41) is 24.7. The molecule has 1 aromatic carbocycles. The van der Waals surface area contributed by atoms with Crippen molar-refractivity contribution in [3.63, 3.8) is 0 Å². The summed E-state index contributed by atoms with van der Waals surface area (Å²) in [5.41, 5.74) is 3.82. The molecule has 3 aliphatic rings. The standard InChI is InChI=1S/C33H46N4O9/c1-2-33-9-5-10-36-11-8-24-23-6-3-4-7-26(23)37(29(24)30(33)36)27(20-33)31(41)34-21-28(40)35-25(22-39)32(42)46-19-18-45-17-16-44-15-14-43-13-12-38/h3-4,6-7,20,25,30,38-39H,2,5,8-19,21-22H2,1H3,(H,34,41)(H,35,40)/t25-,30+,33-/m0/s1. The highest BCUT2D eigenvalue weighted by molar-refractivity contribution is 6.17. The maximum Gasteiger partial charge on any atom is 0.331 e. The van der Waals surface area contributed by atoms with Crippen LogP contribution in [0.15, 0.2) is 30.3 Å². The number of para-hydroxylation sites is 1. The minimum Gasteiger partial charge on any atom is -0.462 e. The number of nitrogens with zero attached hydrogens (tertiary/aromatic N) is 2. The average Bonchev–Trinajstić information content (AvgIpc) is 3.42. The van der Waals surface area contributed by atoms with Gasteiger partial charge in [-0.1, -0.05) is 25.1 Å². The summed E-state index contributed by atoms with van der Waals surface area (Å²) >= 11 is 0. The summed E-state index contributed by atoms with van der Waals surface area (Å²) in [5.74, 6) is -1.79. The first-order valence-corrected chi connectivity index (χ1v) is 16.2. The van der Waals surface area contributed by atoms with E-state index in [2.05, 4.69) is 39.2 Å². The maximum atomic E-state index is 13.8. The number of carbonyl (C=O) groups is 3. The van der Waals surface area contributed by atoms with E-state index in [1.54, 1.807) is 0 Å². The molecule has 0 saturated carbocycles. The Morgan fingerprint density at radius 3 is 2.43 bits per heavy atom. The van der Waals surface area contributed by atoms with Gasteiger partial charge in [0.25, 0.3) is 5.91 Å². The molecule has 0 radical (unpaired) electrons. The van der Waals surface area contributed by atoms with Crippen molar-refractivity contribution in [1.82, 2.24) is 20.1 Å². The molecule has 252 valence electrons. The predicted molar refractivity (Wildman–Crippen MR) is 169 cm³/mol. The lowest BCUT2D eigenvalue weighted by Gasteiger charge is -2.53. The number of hydrogen-bond donors (Lipinski definition) is 4. The van der Waals surface area contributed by atoms with Gasteiger partial charge in [-0.15, -0.1) is 0 Å². The Bertz CT molecular complexity index is 1410. The Morgan fingerprint density at radius 1 is 1.00 bits per heavy atom. The zero-order valence-corrected chi connectivity index (χ0v) is 26.5. The Morgan fingerprint density at radius 2 is 1.72 bits per heavy atom. The van der Waals surface area contributed by atoms with Crippen LogP contribution in [0, 0.1) is 5.41 Å². The van der Waals surface area contributed by atoms with E-state index in [1.165, 1.54) is 11.3 Å². The number of fused-ring (bicyclic) bond motifs is 3. The number of nitrogens with one attached hydrogen (secondary N) is 2. The third kappa shape index (κ3) is 7.29. The minimum absolute atomic E-state index is 0.0369. The molecular formula is C33H46N4O9. The molecule has 5 rings (SSSR count). The molecule has 1 fully saturated rings. The van der Waals surface area contributed by atoms with Crippen LogP contribution in [0.5, 0.6) is 0 Å². The van der Waals surface area contributed by atoms with Crippen LogP contribution in [0.4, 0.5) is 0 Å². The first kappa shape index (κ1) is 34.0. The summed E-state index contributed by atoms with van der Waals surface area (Å²) in [4.78, 5) is 41.6. The zero-order valence-electron chi connectivity index (χ0n) is 26.5. The van der Waals surface area contributed by atoms with Gasteiger partial charge in [0.1, 0.15) is 12.3 Å². The smallest absolute Gasteiger partial charge is 0.331 e. The van der Waals surface area contributed by atoms with E-state index in [1.807, 2.05) is 18.2 Å². The summed E-state index contributed by atoms with van der Waals surface area (Å²) in [6.07, 6.45) is 6.01. The van der Waals surface area contributed by atoms with E-state index >= 15 is 0 Å². The van der Waals surface area contributed by atoms with Crippen molar-refractivity contribution < 1.29 is 43.5 Å². The van der Waals surface area contributed by atoms with Gasteiger partial charge in [0, 0.05) is 23.0 Å². The van der Waals surface area contributed by atoms with Crippen LogP contribution in [-0.4, -0.2) is 123 Å². The number of aliphatic hydroxyl groups is 2. The van der Waals surface area contributed by atoms with Gasteiger partial charge in [-0.25, -0.2) is 4.79 Å². The molecule has 46 heavy (non-hydrogen) atoms. The number of esters is 1. The molecule has 13 nitrogen and oxygen atoms in total. The molecule has 4 heterocycles. The summed E-state index contributed by atoms with van der Waals surface area (Å²) < 4.78 is 23.0. The Balaban J connectivity index is 1.14. The number of hydrogen-bond acceptors (Lipinski definition) is 10. The molecule has 1 saturated heterocycles. The molecule has 4 N–H and O–H groups in total. The fourth-order valence-corrected chi connectivity index (χ4v) is 7.03. The molecule has 0 bridgehead atoms. The van der Waals surface area contributed by atoms with Crippen molar-refractivity contribution in [2.45, 2.75) is 44.7 Å². The second kappa shape index (κ2) is 16.0. The van der Waals surface area contributed by atoms with Crippen molar-refractivity contribution >= 4 is 34.4 Å². The minimum atomic E-state index is -1.28. The fourth-order valence-electron chi connectivity index (χ4n) is 7.03. The van der Waals surface area contributed by atoms with Crippen molar-refractivity contribution in [3.8, 4) is 0 Å². The molecule has 0 unspecified atom stereocenters. The number of carbonyl (C=O) groups excluding carboxylic acids is 3. The molecule has 0 spiro atoms. The van der Waals surface area contributed by atoms with Gasteiger partial charge in [-0.3, -0.25) is 14.5 Å². The highest BCUT2D eigenvalue weighted by Gasteiger charge is 2.51. The number of rotatable bonds is 18. The normalized spacial score (nSPS) is 20.9. The summed E-state index contributed by atoms with van der Waals surface area (Å²) in [6, 6.07) is 7.11. The zero-order chi connectivity index (χ0) is 32.5. The van der Waals surface area contributed by atoms with E-state index in [0.29, 0.717) is 25.5 Å². The van der Waals surface area contributed by atoms with Crippen LogP contribution in [0.25, 0.3) is 16.6 Å². The van der Waals surface area contributed by atoms with Crippen LogP contribution >= 0.6 is 0 Å². The number of benzene rings is 1. The van der Waals surface area contributed by atoms with Crippen LogP contribution in [0.3, 0.4) is 0 Å². The highest BCUT2D eigenvalue weighted by atomic mass is 16.6. The van der Waals surface area contributed by atoms with Gasteiger partial charge >= 0.3 is 5.97 Å². The lowest BCUT2D eigenvalue weighted by atomic mass is 9.66. The van der Waals surface area contributed by atoms with Gasteiger partial charge in [0.05, 0.1) is 71.0 Å². The molecular weight excluding hydrogens is 596 g/mol. The first-order valence-electron chi connectivity index (χ1n) is 16.2. The second-order valence-corrected chi connectivity index (χ2v) is 11.8. The molecule has 2 aromatic rings. The van der Waals surface area contributed by atoms with Gasteiger partial charge in [-0.05, 0) is 49.9 Å². The van der Waals surface area contributed by atoms with E-state index < -0.39 is 24.5 Å². The van der Waals surface area contributed by atoms with Crippen molar-refractivity contribution in [2.24, 2.45) is 5.41 Å². The quantitative estimate of drug-likeness (QED) is 0.135. The van der Waals surface area contributed by atoms with Crippen LogP contribution < -0.4 is 10.6 Å². The predicted octanol–water partition coefficient (Wildman–Crippen LogP) is 0.764. The van der Waals surface area contributed by atoms with Crippen molar-refractivity contribution in [2.75, 3.05) is 79.1 Å². The molecule has 1 aromatic heterocycles. The van der Waals surface area contributed by atoms with Gasteiger partial charge in [0.2, 0.25) is 5.91 Å². The molecule has 0 aliphatic carbocycles. The van der Waals surface area contributed by atoms with E-state index in [9.17, 15) is 19.5 Å². The van der Waals surface area contributed by atoms with Gasteiger partial charge in [-0.2, -0.15) is 0 Å². The number of amides is 2. The third-order valence-corrected chi connectivity index (χ3v) is 9.14. The van der Waals surface area contributed by atoms with E-state index in [4.69, 9.17) is 24.1 Å². The van der Waals surface area contributed by atoms with Crippen molar-refractivity contribution in [3.05, 3.63) is 41.6 Å². The number of aliphatic hydroxyl groups excluding tert-OH is 2. The highest BCUT2D eigenvalue weighted by Crippen LogP contribution is 2.56. The topological polar surface area (TPSA) is 161 Å². The molecule has 2 amide bonds. The molecule has 3 atom stereocenters. The Labute approximate surface area is 268 Å². The SMILES string of the molecule is CC[C@@]12C=C(C(=O)NCC(=O)N[C@@H](CO)C(=O)OCCOCCOCCOCCO)n3c4c(c5ccccc53)CCN(CCC1)[C@H]42. The first-order chi connectivity index (χ1) is 22.4. The monoisotopic (exact) mass is 642 g/mol. The number of aromatic nitrogens is 1. The molecule has 13 heteroatoms. The lowest BCUT2D eigenvalue weighted by Crippen LogP contribution is -2.52. The average molecular weight is 643 g/mol. The van der Waals surface area contributed by atoms with E-state index in [0.717, 1.165) is 49.7 Å². The Kier molecular flexibility index (Phi) is 11.8. The number of ether oxygens (including phenoxy) is 4. The maximum absolute atomic E-state index is 13.8. The summed E-state index contributed by atoms with van der Waals surface area (Å²) in [6.45, 7) is 4.84. The Hall–Kier alpha value is -3.33. The van der Waals surface area contributed by atoms with Gasteiger partial charge < -0.3 is 44.4 Å². The van der Waals surface area contributed by atoms with Crippen LogP contribution in [0.1, 0.15) is 43.5 Å². The summed E-state index contributed by atoms with van der Waals surface area (Å²) in [7, 11) is 0. The van der Waals surface area contributed by atoms with Gasteiger partial charge in [0.15, 0.2) is 6.04 Å².